The number of carbonyl (C=O) groups is 2. The maximum absolute atomic E-state index is 12.6. The summed E-state index contributed by atoms with van der Waals surface area (Å²) < 4.78 is 0. The van der Waals surface area contributed by atoms with E-state index in [1.165, 1.54) is 16.9 Å². The minimum absolute atomic E-state index is 0.0532. The number of fused-ring (bicyclic) bond motifs is 1. The topological polar surface area (TPSA) is 49.4 Å². The largest absolute Gasteiger partial charge is 0.354 e. The molecule has 0 bridgehead atoms. The molecule has 0 spiro atoms. The lowest BCUT2D eigenvalue weighted by Crippen LogP contribution is -2.37. The molecule has 1 fully saturated rings. The minimum Gasteiger partial charge on any atom is -0.354 e. The standard InChI is InChI=1S/C18H26N2O2S/c1-12(2)19-17(21)13-6-7-15-14(10-13)11-16(23-15)18(22)20-8-4-3-5-9-20/h11-13H,3-10H2,1-2H3,(H,19,21)/t13-/m1/s1. The number of carbonyl (C=O) groups excluding carboxylic acids is 2. The van der Waals surface area contributed by atoms with Gasteiger partial charge in [0, 0.05) is 29.9 Å². The second-order valence-corrected chi connectivity index (χ2v) is 8.15. The molecule has 0 saturated carbocycles. The Morgan fingerprint density at radius 2 is 2.00 bits per heavy atom. The molecule has 2 heterocycles. The van der Waals surface area contributed by atoms with Gasteiger partial charge in [0.05, 0.1) is 4.88 Å². The number of nitrogens with zero attached hydrogens (tertiary/aromatic N) is 1. The Kier molecular flexibility index (Phi) is 5.05. The average molecular weight is 334 g/mol. The lowest BCUT2D eigenvalue weighted by molar-refractivity contribution is -0.125. The van der Waals surface area contributed by atoms with Gasteiger partial charge in [-0.1, -0.05) is 0 Å². The zero-order valence-corrected chi connectivity index (χ0v) is 14.9. The smallest absolute Gasteiger partial charge is 0.263 e. The Balaban J connectivity index is 1.68. The van der Waals surface area contributed by atoms with Crippen molar-refractivity contribution < 1.29 is 9.59 Å². The van der Waals surface area contributed by atoms with Crippen LogP contribution in [0.5, 0.6) is 0 Å². The molecular weight excluding hydrogens is 308 g/mol. The number of piperidine rings is 1. The Morgan fingerprint density at radius 1 is 1.26 bits per heavy atom. The molecule has 1 aliphatic carbocycles. The summed E-state index contributed by atoms with van der Waals surface area (Å²) in [6, 6.07) is 2.23. The van der Waals surface area contributed by atoms with Gasteiger partial charge in [-0.15, -0.1) is 11.3 Å². The molecule has 2 aliphatic rings. The fourth-order valence-corrected chi connectivity index (χ4v) is 4.68. The fraction of sp³-hybridized carbons (Fsp3) is 0.667. The Labute approximate surface area is 142 Å². The molecule has 4 nitrogen and oxygen atoms in total. The number of nitrogens with one attached hydrogen (secondary N) is 1. The lowest BCUT2D eigenvalue weighted by Gasteiger charge is -2.26. The van der Waals surface area contributed by atoms with Gasteiger partial charge >= 0.3 is 0 Å². The third kappa shape index (κ3) is 3.77. The van der Waals surface area contributed by atoms with Gasteiger partial charge in [-0.25, -0.2) is 0 Å². The highest BCUT2D eigenvalue weighted by atomic mass is 32.1. The van der Waals surface area contributed by atoms with Crippen molar-refractivity contribution in [2.45, 2.75) is 58.4 Å². The maximum Gasteiger partial charge on any atom is 0.263 e. The summed E-state index contributed by atoms with van der Waals surface area (Å²) in [6.07, 6.45) is 6.06. The van der Waals surface area contributed by atoms with E-state index < -0.39 is 0 Å². The third-order valence-corrected chi connectivity index (χ3v) is 5.96. The summed E-state index contributed by atoms with van der Waals surface area (Å²) in [6.45, 7) is 5.76. The van der Waals surface area contributed by atoms with Crippen molar-refractivity contribution >= 4 is 23.2 Å². The summed E-state index contributed by atoms with van der Waals surface area (Å²) >= 11 is 1.64. The molecule has 0 unspecified atom stereocenters. The van der Waals surface area contributed by atoms with Gasteiger partial charge in [0.1, 0.15) is 0 Å². The summed E-state index contributed by atoms with van der Waals surface area (Å²) in [5.74, 6) is 0.394. The van der Waals surface area contributed by atoms with E-state index in [0.717, 1.165) is 50.1 Å². The van der Waals surface area contributed by atoms with Gasteiger partial charge in [0.25, 0.3) is 5.91 Å². The molecule has 1 aliphatic heterocycles. The van der Waals surface area contributed by atoms with Crippen LogP contribution in [0, 0.1) is 5.92 Å². The molecule has 0 aromatic carbocycles. The van der Waals surface area contributed by atoms with Crippen molar-refractivity contribution in [3.63, 3.8) is 0 Å². The normalized spacial score (nSPS) is 21.2. The van der Waals surface area contributed by atoms with Gasteiger partial charge < -0.3 is 10.2 Å². The molecular formula is C18H26N2O2S. The Hall–Kier alpha value is -1.36. The monoisotopic (exact) mass is 334 g/mol. The van der Waals surface area contributed by atoms with Crippen LogP contribution in [0.3, 0.4) is 0 Å². The molecule has 1 saturated heterocycles. The van der Waals surface area contributed by atoms with Crippen LogP contribution in [0.4, 0.5) is 0 Å². The van der Waals surface area contributed by atoms with E-state index in [1.807, 2.05) is 24.8 Å². The summed E-state index contributed by atoms with van der Waals surface area (Å²) in [7, 11) is 0. The second kappa shape index (κ2) is 7.04. The van der Waals surface area contributed by atoms with Gasteiger partial charge in [-0.2, -0.15) is 0 Å². The minimum atomic E-state index is 0.0532. The Morgan fingerprint density at radius 3 is 2.70 bits per heavy atom. The van der Waals surface area contributed by atoms with E-state index in [4.69, 9.17) is 0 Å². The first-order valence-electron chi connectivity index (χ1n) is 8.76. The molecule has 0 radical (unpaired) electrons. The van der Waals surface area contributed by atoms with Gasteiger partial charge in [-0.05, 0) is 64.0 Å². The predicted octanol–water partition coefficient (Wildman–Crippen LogP) is 3.00. The van der Waals surface area contributed by atoms with Crippen LogP contribution >= 0.6 is 11.3 Å². The van der Waals surface area contributed by atoms with Crippen LogP contribution in [0.2, 0.25) is 0 Å². The summed E-state index contributed by atoms with van der Waals surface area (Å²) in [5.41, 5.74) is 1.21. The highest BCUT2D eigenvalue weighted by Crippen LogP contribution is 2.33. The van der Waals surface area contributed by atoms with Crippen molar-refractivity contribution in [3.05, 3.63) is 21.4 Å². The first kappa shape index (κ1) is 16.5. The first-order valence-corrected chi connectivity index (χ1v) is 9.57. The van der Waals surface area contributed by atoms with E-state index in [2.05, 4.69) is 5.32 Å². The lowest BCUT2D eigenvalue weighted by atomic mass is 9.87. The van der Waals surface area contributed by atoms with E-state index >= 15 is 0 Å². The molecule has 1 aromatic heterocycles. The van der Waals surface area contributed by atoms with Gasteiger partial charge in [0.2, 0.25) is 5.91 Å². The second-order valence-electron chi connectivity index (χ2n) is 7.01. The summed E-state index contributed by atoms with van der Waals surface area (Å²) in [5, 5.41) is 3.01. The number of hydrogen-bond acceptors (Lipinski definition) is 3. The number of rotatable bonds is 3. The van der Waals surface area contributed by atoms with Crippen molar-refractivity contribution in [1.29, 1.82) is 0 Å². The van der Waals surface area contributed by atoms with E-state index in [-0.39, 0.29) is 23.8 Å². The molecule has 126 valence electrons. The summed E-state index contributed by atoms with van der Waals surface area (Å²) in [4.78, 5) is 29.0. The number of hydrogen-bond donors (Lipinski definition) is 1. The van der Waals surface area contributed by atoms with Crippen molar-refractivity contribution in [1.82, 2.24) is 10.2 Å². The quantitative estimate of drug-likeness (QED) is 0.924. The molecule has 23 heavy (non-hydrogen) atoms. The SMILES string of the molecule is CC(C)NC(=O)[C@@H]1CCc2sc(C(=O)N3CCCCC3)cc2C1. The third-order valence-electron chi connectivity index (χ3n) is 4.74. The Bertz CT molecular complexity index is 588. The van der Waals surface area contributed by atoms with Crippen LogP contribution < -0.4 is 5.32 Å². The van der Waals surface area contributed by atoms with Crippen LogP contribution in [0.25, 0.3) is 0 Å². The van der Waals surface area contributed by atoms with Crippen LogP contribution in [0.1, 0.15) is 59.6 Å². The van der Waals surface area contributed by atoms with Crippen LogP contribution in [0.15, 0.2) is 6.07 Å². The molecule has 2 amide bonds. The highest BCUT2D eigenvalue weighted by Gasteiger charge is 2.28. The molecule has 1 atom stereocenters. The number of aryl methyl sites for hydroxylation is 1. The molecule has 3 rings (SSSR count). The van der Waals surface area contributed by atoms with Crippen LogP contribution in [-0.2, 0) is 17.6 Å². The zero-order valence-electron chi connectivity index (χ0n) is 14.1. The molecule has 1 N–H and O–H groups in total. The van der Waals surface area contributed by atoms with Gasteiger partial charge in [-0.3, -0.25) is 9.59 Å². The zero-order chi connectivity index (χ0) is 16.4. The molecule has 1 aromatic rings. The van der Waals surface area contributed by atoms with Crippen molar-refractivity contribution in [3.8, 4) is 0 Å². The van der Waals surface area contributed by atoms with Crippen LogP contribution in [-0.4, -0.2) is 35.8 Å². The number of amides is 2. The number of thiophene rings is 1. The van der Waals surface area contributed by atoms with Gasteiger partial charge in [0.15, 0.2) is 0 Å². The first-order chi connectivity index (χ1) is 11.0. The average Bonchev–Trinajstić information content (AvgIpc) is 2.97. The maximum atomic E-state index is 12.6. The van der Waals surface area contributed by atoms with E-state index in [0.29, 0.717) is 0 Å². The van der Waals surface area contributed by atoms with E-state index in [9.17, 15) is 9.59 Å². The number of likely N-dealkylation sites (tertiary alicyclic amines) is 1. The predicted molar refractivity (Wildman–Crippen MR) is 92.9 cm³/mol. The van der Waals surface area contributed by atoms with Crippen molar-refractivity contribution in [2.24, 2.45) is 5.92 Å². The fourth-order valence-electron chi connectivity index (χ4n) is 3.51. The van der Waals surface area contributed by atoms with E-state index in [1.54, 1.807) is 11.3 Å². The van der Waals surface area contributed by atoms with Crippen molar-refractivity contribution in [2.75, 3.05) is 13.1 Å². The highest BCUT2D eigenvalue weighted by molar-refractivity contribution is 7.14. The molecule has 5 heteroatoms.